The van der Waals surface area contributed by atoms with Gasteiger partial charge in [0.1, 0.15) is 5.82 Å². The molecule has 4 nitrogen and oxygen atoms in total. The number of hydrogen-bond donors (Lipinski definition) is 1. The molecule has 16 heavy (non-hydrogen) atoms. The van der Waals surface area contributed by atoms with Gasteiger partial charge in [0.05, 0.1) is 0 Å². The third-order valence-electron chi connectivity index (χ3n) is 1.91. The van der Waals surface area contributed by atoms with Gasteiger partial charge in [0.25, 0.3) is 5.35 Å². The fourth-order valence-corrected chi connectivity index (χ4v) is 1.40. The second-order valence-corrected chi connectivity index (χ2v) is 3.28. The van der Waals surface area contributed by atoms with E-state index in [2.05, 4.69) is 4.98 Å². The van der Waals surface area contributed by atoms with Crippen LogP contribution in [0, 0.1) is 5.82 Å². The monoisotopic (exact) mass is 241 g/mol. The van der Waals surface area contributed by atoms with Gasteiger partial charge in [0.2, 0.25) is 0 Å². The Morgan fingerprint density at radius 2 is 2.00 bits per heavy atom. The highest BCUT2D eigenvalue weighted by Gasteiger charge is 2.19. The fraction of sp³-hybridized carbons (Fsp3) is 0. The van der Waals surface area contributed by atoms with Crippen LogP contribution >= 0.6 is 11.6 Å². The summed E-state index contributed by atoms with van der Waals surface area (Å²) < 4.78 is 17.6. The number of rotatable bonds is 2. The summed E-state index contributed by atoms with van der Waals surface area (Å²) in [5.41, 5.74) is 0.106. The van der Waals surface area contributed by atoms with Crippen LogP contribution in [-0.4, -0.2) is 16.1 Å². The minimum atomic E-state index is -1.25. The van der Waals surface area contributed by atoms with Crippen LogP contribution in [-0.2, 0) is 0 Å². The van der Waals surface area contributed by atoms with E-state index >= 15 is 0 Å². The number of carbonyl (C=O) groups is 1. The Balaban J connectivity index is 2.55. The zero-order valence-corrected chi connectivity index (χ0v) is 8.53. The molecule has 0 radical (unpaired) electrons. The molecule has 0 amide bonds. The number of oxazole rings is 1. The van der Waals surface area contributed by atoms with E-state index in [1.807, 2.05) is 0 Å². The fourth-order valence-electron chi connectivity index (χ4n) is 1.24. The molecule has 82 valence electrons. The van der Waals surface area contributed by atoms with Gasteiger partial charge in [-0.25, -0.2) is 9.18 Å². The zero-order chi connectivity index (χ0) is 11.7. The summed E-state index contributed by atoms with van der Waals surface area (Å²) in [5, 5.41) is 8.57. The van der Waals surface area contributed by atoms with E-state index in [1.165, 1.54) is 24.3 Å². The Kier molecular flexibility index (Phi) is 2.62. The molecule has 1 aromatic carbocycles. The van der Waals surface area contributed by atoms with Gasteiger partial charge in [-0.1, -0.05) is 0 Å². The number of aromatic nitrogens is 1. The predicted octanol–water partition coefficient (Wildman–Crippen LogP) is 2.83. The first-order valence-electron chi connectivity index (χ1n) is 4.23. The Labute approximate surface area is 94.3 Å². The van der Waals surface area contributed by atoms with Crippen molar-refractivity contribution in [1.82, 2.24) is 4.98 Å². The number of carboxylic acid groups (broad SMARTS) is 1. The number of halogens is 2. The topological polar surface area (TPSA) is 63.3 Å². The standard InChI is InChI=1S/C10H5ClFNO3/c11-10-13-7(9(14)15)8(16-10)5-1-3-6(12)4-2-5/h1-4H,(H,14,15). The molecule has 0 fully saturated rings. The Hall–Kier alpha value is -1.88. The van der Waals surface area contributed by atoms with Crippen molar-refractivity contribution in [3.05, 3.63) is 41.1 Å². The lowest BCUT2D eigenvalue weighted by Crippen LogP contribution is -1.98. The normalized spacial score (nSPS) is 10.4. The molecule has 0 bridgehead atoms. The molecular weight excluding hydrogens is 237 g/mol. The molecule has 0 aliphatic rings. The van der Waals surface area contributed by atoms with Crippen LogP contribution in [0.25, 0.3) is 11.3 Å². The Morgan fingerprint density at radius 3 is 2.56 bits per heavy atom. The van der Waals surface area contributed by atoms with E-state index in [-0.39, 0.29) is 16.8 Å². The second-order valence-electron chi connectivity index (χ2n) is 2.96. The van der Waals surface area contributed by atoms with E-state index in [4.69, 9.17) is 21.1 Å². The number of hydrogen-bond acceptors (Lipinski definition) is 3. The van der Waals surface area contributed by atoms with Crippen LogP contribution in [0.2, 0.25) is 5.35 Å². The van der Waals surface area contributed by atoms with Gasteiger partial charge < -0.3 is 9.52 Å². The summed E-state index contributed by atoms with van der Waals surface area (Å²) in [5.74, 6) is -1.67. The van der Waals surface area contributed by atoms with E-state index < -0.39 is 11.8 Å². The van der Waals surface area contributed by atoms with Crippen molar-refractivity contribution in [2.75, 3.05) is 0 Å². The van der Waals surface area contributed by atoms with Crippen LogP contribution in [0.1, 0.15) is 10.5 Å². The summed E-state index contributed by atoms with van der Waals surface area (Å²) in [7, 11) is 0. The minimum Gasteiger partial charge on any atom is -0.476 e. The summed E-state index contributed by atoms with van der Waals surface area (Å²) >= 11 is 5.48. The van der Waals surface area contributed by atoms with Crippen molar-refractivity contribution in [2.45, 2.75) is 0 Å². The quantitative estimate of drug-likeness (QED) is 0.878. The molecule has 0 unspecified atom stereocenters. The van der Waals surface area contributed by atoms with E-state index in [9.17, 15) is 9.18 Å². The second kappa shape index (κ2) is 3.94. The highest BCUT2D eigenvalue weighted by Crippen LogP contribution is 2.27. The molecular formula is C10H5ClFNO3. The van der Waals surface area contributed by atoms with Crippen molar-refractivity contribution >= 4 is 17.6 Å². The van der Waals surface area contributed by atoms with E-state index in [1.54, 1.807) is 0 Å². The maximum Gasteiger partial charge on any atom is 0.358 e. The number of benzene rings is 1. The first-order valence-corrected chi connectivity index (χ1v) is 4.61. The molecule has 1 N–H and O–H groups in total. The summed E-state index contributed by atoms with van der Waals surface area (Å²) in [6, 6.07) is 5.16. The first-order chi connectivity index (χ1) is 7.58. The molecule has 0 aliphatic heterocycles. The van der Waals surface area contributed by atoms with Crippen LogP contribution in [0.3, 0.4) is 0 Å². The van der Waals surface area contributed by atoms with Crippen molar-refractivity contribution in [1.29, 1.82) is 0 Å². The SMILES string of the molecule is O=C(O)c1nc(Cl)oc1-c1ccc(F)cc1. The van der Waals surface area contributed by atoms with Crippen molar-refractivity contribution in [3.63, 3.8) is 0 Å². The van der Waals surface area contributed by atoms with Gasteiger partial charge in [-0.15, -0.1) is 0 Å². The molecule has 1 aromatic heterocycles. The molecule has 1 heterocycles. The molecule has 2 aromatic rings. The van der Waals surface area contributed by atoms with Crippen LogP contribution in [0.4, 0.5) is 4.39 Å². The Bertz CT molecular complexity index is 535. The van der Waals surface area contributed by atoms with Crippen molar-refractivity contribution < 1.29 is 18.7 Å². The summed E-state index contributed by atoms with van der Waals surface area (Å²) in [6.07, 6.45) is 0. The lowest BCUT2D eigenvalue weighted by molar-refractivity contribution is 0.0691. The highest BCUT2D eigenvalue weighted by molar-refractivity contribution is 6.28. The zero-order valence-electron chi connectivity index (χ0n) is 7.78. The van der Waals surface area contributed by atoms with Crippen molar-refractivity contribution in [2.24, 2.45) is 0 Å². The molecule has 6 heteroatoms. The van der Waals surface area contributed by atoms with Crippen LogP contribution < -0.4 is 0 Å². The number of nitrogens with zero attached hydrogens (tertiary/aromatic N) is 1. The molecule has 2 rings (SSSR count). The van der Waals surface area contributed by atoms with Gasteiger partial charge in [0.15, 0.2) is 11.5 Å². The van der Waals surface area contributed by atoms with Crippen LogP contribution in [0.15, 0.2) is 28.7 Å². The highest BCUT2D eigenvalue weighted by atomic mass is 35.5. The third kappa shape index (κ3) is 1.90. The van der Waals surface area contributed by atoms with Gasteiger partial charge in [-0.2, -0.15) is 4.98 Å². The maximum absolute atomic E-state index is 12.7. The molecule has 0 saturated carbocycles. The molecule has 0 aliphatic carbocycles. The molecule has 0 atom stereocenters. The summed E-state index contributed by atoms with van der Waals surface area (Å²) in [6.45, 7) is 0. The van der Waals surface area contributed by atoms with E-state index in [0.29, 0.717) is 5.56 Å². The predicted molar refractivity (Wildman–Crippen MR) is 53.9 cm³/mol. The van der Waals surface area contributed by atoms with Crippen molar-refractivity contribution in [3.8, 4) is 11.3 Å². The lowest BCUT2D eigenvalue weighted by atomic mass is 10.1. The van der Waals surface area contributed by atoms with Gasteiger partial charge in [-0.05, 0) is 35.9 Å². The smallest absolute Gasteiger partial charge is 0.358 e. The Morgan fingerprint density at radius 1 is 1.38 bits per heavy atom. The largest absolute Gasteiger partial charge is 0.476 e. The van der Waals surface area contributed by atoms with Crippen LogP contribution in [0.5, 0.6) is 0 Å². The summed E-state index contributed by atoms with van der Waals surface area (Å²) in [4.78, 5) is 14.3. The van der Waals surface area contributed by atoms with Gasteiger partial charge in [-0.3, -0.25) is 0 Å². The third-order valence-corrected chi connectivity index (χ3v) is 2.07. The van der Waals surface area contributed by atoms with Gasteiger partial charge >= 0.3 is 5.97 Å². The van der Waals surface area contributed by atoms with E-state index in [0.717, 1.165) is 0 Å². The maximum atomic E-state index is 12.7. The number of carboxylic acids is 1. The molecule has 0 saturated heterocycles. The lowest BCUT2D eigenvalue weighted by Gasteiger charge is -1.97. The number of aromatic carboxylic acids is 1. The van der Waals surface area contributed by atoms with Gasteiger partial charge in [0, 0.05) is 5.56 Å². The average molecular weight is 242 g/mol. The minimum absolute atomic E-state index is 0.0116. The first kappa shape index (κ1) is 10.6. The molecule has 0 spiro atoms. The average Bonchev–Trinajstić information content (AvgIpc) is 2.61.